The van der Waals surface area contributed by atoms with Crippen LogP contribution in [0.4, 0.5) is 11.4 Å². The van der Waals surface area contributed by atoms with Gasteiger partial charge in [0.1, 0.15) is 0 Å². The normalized spacial score (nSPS) is 11.5. The highest BCUT2D eigenvalue weighted by atomic mass is 15.1. The van der Waals surface area contributed by atoms with Crippen LogP contribution in [0.15, 0.2) is 376 Å². The first kappa shape index (κ1) is 63.6. The summed E-state index contributed by atoms with van der Waals surface area (Å²) in [6.07, 6.45) is 0. The predicted octanol–water partition coefficient (Wildman–Crippen LogP) is 26.9. The molecule has 20 rings (SSSR count). The van der Waals surface area contributed by atoms with Crippen LogP contribution in [0, 0.1) is 13.1 Å². The monoisotopic (exact) mass is 1390 g/mol. The first-order chi connectivity index (χ1) is 53.9. The summed E-state index contributed by atoms with van der Waals surface area (Å²) in [5.74, 6) is 1.20. The molecular formula is C101H62N8. The average Bonchev–Trinajstić information content (AvgIpc) is 1.63. The van der Waals surface area contributed by atoms with E-state index in [9.17, 15) is 0 Å². The lowest BCUT2D eigenvalue weighted by Gasteiger charge is -2.20. The maximum atomic E-state index is 9.07. The van der Waals surface area contributed by atoms with Crippen LogP contribution in [0.1, 0.15) is 0 Å². The fourth-order valence-corrected chi connectivity index (χ4v) is 16.1. The van der Waals surface area contributed by atoms with Crippen molar-refractivity contribution in [3.63, 3.8) is 0 Å². The molecule has 8 nitrogen and oxygen atoms in total. The Morgan fingerprint density at radius 3 is 0.890 bits per heavy atom. The third-order valence-electron chi connectivity index (χ3n) is 21.4. The SMILES string of the molecule is [C-]#[N+]c1ccc(-n2c3ccc(-c4ccccc4)cc3c3cc(-c4ccccc4)ccc32)cc1-c1nc(-c2ccccc2)nc(-c2ccc(-c3cccc([N+]#[C-])c3-n3c4ccc(-c5ccccc5)cc4c4cc(-c5ccccc5)ccc43)cc2-n2c3ccc(-c4ccccc4)cc3c3cc(-c4ccccc4)ccc32)n1. The van der Waals surface area contributed by atoms with Crippen molar-refractivity contribution >= 4 is 76.8 Å². The van der Waals surface area contributed by atoms with E-state index in [1.807, 2.05) is 54.6 Å². The van der Waals surface area contributed by atoms with E-state index in [4.69, 9.17) is 28.1 Å². The largest absolute Gasteiger partial charge is 0.318 e. The summed E-state index contributed by atoms with van der Waals surface area (Å²) in [7, 11) is 0. The minimum absolute atomic E-state index is 0.344. The van der Waals surface area contributed by atoms with Gasteiger partial charge in [0.05, 0.1) is 57.6 Å². The Hall–Kier alpha value is -15.1. The Kier molecular flexibility index (Phi) is 15.5. The molecule has 0 amide bonds. The standard InChI is InChI=1S/C101H62N8/c1-102-89-50-48-79(107-91-51-42-72(65-25-10-3-11-26-65)57-82(91)83-58-73(43-52-92(83)107)66-27-12-4-13-28-66)64-88(89)101-105-99(71-37-22-9-23-38-71)104-100(106-101)81-49-41-78(63-97(81)108-93-53-44-74(67-29-14-5-15-30-67)59-84(93)85-60-75(45-54-94(85)108)68-31-16-6-17-32-68)80-39-24-40-90(103-2)98(80)109-95-55-46-76(69-33-18-7-19-34-69)61-86(95)87-62-77(47-56-96(87)109)70-35-20-8-21-36-70/h3-64H. The van der Waals surface area contributed by atoms with E-state index in [2.05, 4.69) is 345 Å². The Morgan fingerprint density at radius 2 is 0.523 bits per heavy atom. The van der Waals surface area contributed by atoms with E-state index < -0.39 is 0 Å². The molecular weight excluding hydrogens is 1330 g/mol. The highest BCUT2D eigenvalue weighted by Gasteiger charge is 2.27. The molecule has 0 aliphatic heterocycles. The van der Waals surface area contributed by atoms with Crippen LogP contribution in [-0.2, 0) is 0 Å². The second-order valence-corrected chi connectivity index (χ2v) is 27.6. The number of nitrogens with zero attached hydrogens (tertiary/aromatic N) is 8. The molecule has 4 heterocycles. The van der Waals surface area contributed by atoms with Crippen molar-refractivity contribution in [3.05, 3.63) is 399 Å². The number of hydrogen-bond donors (Lipinski definition) is 0. The van der Waals surface area contributed by atoms with Gasteiger partial charge in [-0.05, 0) is 175 Å². The summed E-state index contributed by atoms with van der Waals surface area (Å²) in [6, 6.07) is 132. The smallest absolute Gasteiger partial charge is 0.211 e. The van der Waals surface area contributed by atoms with Gasteiger partial charge in [0.15, 0.2) is 23.2 Å². The van der Waals surface area contributed by atoms with E-state index in [-0.39, 0.29) is 0 Å². The van der Waals surface area contributed by atoms with E-state index in [1.165, 1.54) is 0 Å². The maximum absolute atomic E-state index is 9.07. The van der Waals surface area contributed by atoms with Crippen LogP contribution in [0.25, 0.3) is 204 Å². The molecule has 0 aliphatic rings. The molecule has 0 bridgehead atoms. The molecule has 0 aliphatic carbocycles. The first-order valence-corrected chi connectivity index (χ1v) is 36.5. The van der Waals surface area contributed by atoms with Gasteiger partial charge in [0.2, 0.25) is 5.69 Å². The van der Waals surface area contributed by atoms with Crippen molar-refractivity contribution in [2.24, 2.45) is 0 Å². The zero-order valence-corrected chi connectivity index (χ0v) is 58.9. The van der Waals surface area contributed by atoms with Crippen molar-refractivity contribution in [2.75, 3.05) is 0 Å². The Labute approximate surface area is 629 Å². The van der Waals surface area contributed by atoms with Gasteiger partial charge in [-0.3, -0.25) is 0 Å². The van der Waals surface area contributed by atoms with Gasteiger partial charge >= 0.3 is 0 Å². The van der Waals surface area contributed by atoms with Crippen molar-refractivity contribution in [1.82, 2.24) is 28.7 Å². The predicted molar refractivity (Wildman–Crippen MR) is 450 cm³/mol. The fourth-order valence-electron chi connectivity index (χ4n) is 16.1. The lowest BCUT2D eigenvalue weighted by molar-refractivity contribution is 1.06. The molecule has 0 spiro atoms. The van der Waals surface area contributed by atoms with Crippen molar-refractivity contribution < 1.29 is 0 Å². The van der Waals surface area contributed by atoms with Crippen molar-refractivity contribution in [1.29, 1.82) is 0 Å². The molecule has 16 aromatic carbocycles. The summed E-state index contributed by atoms with van der Waals surface area (Å²) >= 11 is 0. The number of aromatic nitrogens is 6. The topological polar surface area (TPSA) is 62.2 Å². The molecule has 0 unspecified atom stereocenters. The quantitative estimate of drug-likeness (QED) is 0.108. The second-order valence-electron chi connectivity index (χ2n) is 27.6. The zero-order valence-electron chi connectivity index (χ0n) is 58.9. The van der Waals surface area contributed by atoms with Gasteiger partial charge < -0.3 is 13.7 Å². The third kappa shape index (κ3) is 11.1. The number of benzene rings is 16. The van der Waals surface area contributed by atoms with Crippen LogP contribution in [0.3, 0.4) is 0 Å². The summed E-state index contributed by atoms with van der Waals surface area (Å²) in [5, 5.41) is 6.48. The lowest BCUT2D eigenvalue weighted by atomic mass is 9.98. The third-order valence-corrected chi connectivity index (χ3v) is 21.4. The minimum Gasteiger partial charge on any atom is -0.318 e. The second kappa shape index (κ2) is 26.6. The highest BCUT2D eigenvalue weighted by Crippen LogP contribution is 2.48. The molecule has 4 aromatic heterocycles. The molecule has 0 N–H and O–H groups in total. The molecule has 20 aromatic rings. The van der Waals surface area contributed by atoms with Gasteiger partial charge in [0, 0.05) is 54.7 Å². The summed E-state index contributed by atoms with van der Waals surface area (Å²) < 4.78 is 6.98. The van der Waals surface area contributed by atoms with E-state index in [1.54, 1.807) is 0 Å². The Balaban J connectivity index is 0.841. The van der Waals surface area contributed by atoms with E-state index in [0.29, 0.717) is 34.4 Å². The van der Waals surface area contributed by atoms with Crippen molar-refractivity contribution in [3.8, 4) is 129 Å². The molecule has 0 fully saturated rings. The average molecular weight is 1390 g/mol. The summed E-state index contributed by atoms with van der Waals surface area (Å²) in [4.78, 5) is 25.3. The first-order valence-electron chi connectivity index (χ1n) is 36.5. The molecule has 109 heavy (non-hydrogen) atoms. The number of hydrogen-bond acceptors (Lipinski definition) is 3. The minimum atomic E-state index is 0.344. The molecule has 506 valence electrons. The Bertz CT molecular complexity index is 6780. The van der Waals surface area contributed by atoms with Gasteiger partial charge in [0.25, 0.3) is 0 Å². The van der Waals surface area contributed by atoms with Crippen LogP contribution in [0.2, 0.25) is 0 Å². The highest BCUT2D eigenvalue weighted by molar-refractivity contribution is 6.15. The Morgan fingerprint density at radius 1 is 0.202 bits per heavy atom. The van der Waals surface area contributed by atoms with Crippen LogP contribution in [0.5, 0.6) is 0 Å². The van der Waals surface area contributed by atoms with Crippen LogP contribution in [-0.4, -0.2) is 28.7 Å². The summed E-state index contributed by atoms with van der Waals surface area (Å²) in [5.41, 5.74) is 26.3. The summed E-state index contributed by atoms with van der Waals surface area (Å²) in [6.45, 7) is 18.0. The van der Waals surface area contributed by atoms with Gasteiger partial charge in [-0.25, -0.2) is 24.6 Å². The van der Waals surface area contributed by atoms with Crippen molar-refractivity contribution in [2.45, 2.75) is 0 Å². The molecule has 0 saturated carbocycles. The van der Waals surface area contributed by atoms with Gasteiger partial charge in [-0.2, -0.15) is 0 Å². The van der Waals surface area contributed by atoms with E-state index in [0.717, 1.165) is 171 Å². The number of para-hydroxylation sites is 1. The zero-order chi connectivity index (χ0) is 72.5. The number of fused-ring (bicyclic) bond motifs is 9. The lowest BCUT2D eigenvalue weighted by Crippen LogP contribution is -2.05. The maximum Gasteiger partial charge on any atom is 0.211 e. The number of rotatable bonds is 13. The van der Waals surface area contributed by atoms with E-state index >= 15 is 0 Å². The van der Waals surface area contributed by atoms with Gasteiger partial charge in [-0.1, -0.05) is 279 Å². The molecule has 0 saturated heterocycles. The van der Waals surface area contributed by atoms with Gasteiger partial charge in [-0.15, -0.1) is 0 Å². The van der Waals surface area contributed by atoms with Crippen LogP contribution >= 0.6 is 0 Å². The van der Waals surface area contributed by atoms with Crippen LogP contribution < -0.4 is 0 Å². The molecule has 0 radical (unpaired) electrons. The molecule has 8 heteroatoms. The fraction of sp³-hybridized carbons (Fsp3) is 0. The molecule has 0 atom stereocenters.